The van der Waals surface area contributed by atoms with Gasteiger partial charge in [0.25, 0.3) is 0 Å². The van der Waals surface area contributed by atoms with Gasteiger partial charge in [-0.25, -0.2) is 0 Å². The summed E-state index contributed by atoms with van der Waals surface area (Å²) in [4.78, 5) is 10.6. The Hall–Kier alpha value is -1.52. The Labute approximate surface area is 83.3 Å². The quantitative estimate of drug-likeness (QED) is 0.723. The minimum atomic E-state index is -0.386. The third kappa shape index (κ3) is 3.08. The molecule has 5 heteroatoms. The second kappa shape index (κ2) is 4.64. The van der Waals surface area contributed by atoms with Crippen molar-refractivity contribution in [1.82, 2.24) is 9.78 Å². The van der Waals surface area contributed by atoms with Crippen molar-refractivity contribution >= 4 is 11.6 Å². The summed E-state index contributed by atoms with van der Waals surface area (Å²) in [7, 11) is 0. The van der Waals surface area contributed by atoms with Crippen molar-refractivity contribution in [2.45, 2.75) is 32.9 Å². The standard InChI is InChI=1S/C9H16N4O/c1-3-7(2)12-8-4-11-13(5-8)6-9(10)14/h4-5,7,12H,3,6H2,1-2H3,(H2,10,14). The summed E-state index contributed by atoms with van der Waals surface area (Å²) >= 11 is 0. The highest BCUT2D eigenvalue weighted by Gasteiger charge is 2.03. The van der Waals surface area contributed by atoms with Crippen LogP contribution >= 0.6 is 0 Å². The summed E-state index contributed by atoms with van der Waals surface area (Å²) in [6.45, 7) is 4.32. The average Bonchev–Trinajstić information content (AvgIpc) is 2.51. The molecule has 78 valence electrons. The van der Waals surface area contributed by atoms with Crippen LogP contribution in [-0.2, 0) is 11.3 Å². The molecule has 0 saturated heterocycles. The van der Waals surface area contributed by atoms with Crippen LogP contribution in [0.1, 0.15) is 20.3 Å². The third-order valence-electron chi connectivity index (χ3n) is 1.98. The van der Waals surface area contributed by atoms with E-state index in [-0.39, 0.29) is 12.5 Å². The van der Waals surface area contributed by atoms with Gasteiger partial charge >= 0.3 is 0 Å². The molecule has 0 spiro atoms. The van der Waals surface area contributed by atoms with Gasteiger partial charge in [0.05, 0.1) is 11.9 Å². The van der Waals surface area contributed by atoms with Gasteiger partial charge < -0.3 is 11.1 Å². The number of nitrogens with one attached hydrogen (secondary N) is 1. The average molecular weight is 196 g/mol. The molecule has 0 bridgehead atoms. The summed E-state index contributed by atoms with van der Waals surface area (Å²) in [5.41, 5.74) is 5.96. The van der Waals surface area contributed by atoms with Crippen LogP contribution in [0.4, 0.5) is 5.69 Å². The maximum absolute atomic E-state index is 10.6. The van der Waals surface area contributed by atoms with Crippen molar-refractivity contribution in [3.8, 4) is 0 Å². The highest BCUT2D eigenvalue weighted by atomic mass is 16.1. The topological polar surface area (TPSA) is 72.9 Å². The van der Waals surface area contributed by atoms with Crippen molar-refractivity contribution in [2.75, 3.05) is 5.32 Å². The number of amides is 1. The van der Waals surface area contributed by atoms with Gasteiger partial charge in [0, 0.05) is 12.2 Å². The Bertz CT molecular complexity index is 308. The monoisotopic (exact) mass is 196 g/mol. The molecule has 0 radical (unpaired) electrons. The zero-order chi connectivity index (χ0) is 10.6. The second-order valence-electron chi connectivity index (χ2n) is 3.35. The molecule has 1 atom stereocenters. The maximum atomic E-state index is 10.6. The minimum Gasteiger partial charge on any atom is -0.380 e. The number of nitrogens with two attached hydrogens (primary N) is 1. The Morgan fingerprint density at radius 1 is 1.79 bits per heavy atom. The maximum Gasteiger partial charge on any atom is 0.239 e. The number of hydrogen-bond acceptors (Lipinski definition) is 3. The van der Waals surface area contributed by atoms with Gasteiger partial charge in [-0.05, 0) is 13.3 Å². The van der Waals surface area contributed by atoms with Crippen molar-refractivity contribution in [3.63, 3.8) is 0 Å². The first-order valence-corrected chi connectivity index (χ1v) is 4.69. The number of anilines is 1. The van der Waals surface area contributed by atoms with E-state index in [0.29, 0.717) is 6.04 Å². The van der Waals surface area contributed by atoms with Crippen LogP contribution in [0.2, 0.25) is 0 Å². The Morgan fingerprint density at radius 3 is 3.07 bits per heavy atom. The van der Waals surface area contributed by atoms with Crippen LogP contribution in [0.15, 0.2) is 12.4 Å². The molecule has 0 saturated carbocycles. The van der Waals surface area contributed by atoms with Gasteiger partial charge in [0.2, 0.25) is 5.91 Å². The molecule has 0 aliphatic rings. The van der Waals surface area contributed by atoms with E-state index in [1.54, 1.807) is 12.4 Å². The van der Waals surface area contributed by atoms with E-state index < -0.39 is 0 Å². The van der Waals surface area contributed by atoms with Gasteiger partial charge in [-0.15, -0.1) is 0 Å². The highest BCUT2D eigenvalue weighted by molar-refractivity contribution is 5.73. The molecule has 1 aromatic heterocycles. The zero-order valence-electron chi connectivity index (χ0n) is 8.53. The predicted molar refractivity (Wildman–Crippen MR) is 54.8 cm³/mol. The number of carbonyl (C=O) groups is 1. The Morgan fingerprint density at radius 2 is 2.50 bits per heavy atom. The van der Waals surface area contributed by atoms with Crippen LogP contribution in [0.3, 0.4) is 0 Å². The summed E-state index contributed by atoms with van der Waals surface area (Å²) in [5, 5.41) is 7.25. The lowest BCUT2D eigenvalue weighted by Crippen LogP contribution is -2.18. The lowest BCUT2D eigenvalue weighted by atomic mass is 10.2. The minimum absolute atomic E-state index is 0.127. The fourth-order valence-electron chi connectivity index (χ4n) is 1.07. The van der Waals surface area contributed by atoms with Crippen molar-refractivity contribution < 1.29 is 4.79 Å². The smallest absolute Gasteiger partial charge is 0.239 e. The summed E-state index contributed by atoms with van der Waals surface area (Å²) in [5.74, 6) is -0.386. The number of primary amides is 1. The molecule has 14 heavy (non-hydrogen) atoms. The summed E-state index contributed by atoms with van der Waals surface area (Å²) in [6.07, 6.45) is 4.51. The van der Waals surface area contributed by atoms with Crippen LogP contribution in [0, 0.1) is 0 Å². The Kier molecular flexibility index (Phi) is 3.50. The Balaban J connectivity index is 2.54. The molecular formula is C9H16N4O. The van der Waals surface area contributed by atoms with E-state index in [4.69, 9.17) is 5.73 Å². The molecule has 0 fully saturated rings. The van der Waals surface area contributed by atoms with Crippen molar-refractivity contribution in [2.24, 2.45) is 5.73 Å². The van der Waals surface area contributed by atoms with E-state index >= 15 is 0 Å². The predicted octanol–water partition coefficient (Wildman–Crippen LogP) is 0.579. The van der Waals surface area contributed by atoms with E-state index in [1.807, 2.05) is 0 Å². The first kappa shape index (κ1) is 10.6. The van der Waals surface area contributed by atoms with Gasteiger partial charge in [-0.1, -0.05) is 6.92 Å². The van der Waals surface area contributed by atoms with Crippen LogP contribution in [-0.4, -0.2) is 21.7 Å². The fraction of sp³-hybridized carbons (Fsp3) is 0.556. The zero-order valence-corrected chi connectivity index (χ0v) is 8.53. The van der Waals surface area contributed by atoms with Crippen molar-refractivity contribution in [3.05, 3.63) is 12.4 Å². The highest BCUT2D eigenvalue weighted by Crippen LogP contribution is 2.07. The van der Waals surface area contributed by atoms with Gasteiger partial charge in [-0.2, -0.15) is 5.10 Å². The number of aromatic nitrogens is 2. The van der Waals surface area contributed by atoms with E-state index in [1.165, 1.54) is 4.68 Å². The number of carbonyl (C=O) groups excluding carboxylic acids is 1. The lowest BCUT2D eigenvalue weighted by molar-refractivity contribution is -0.118. The molecule has 1 aromatic rings. The largest absolute Gasteiger partial charge is 0.380 e. The lowest BCUT2D eigenvalue weighted by Gasteiger charge is -2.09. The molecule has 0 aromatic carbocycles. The molecular weight excluding hydrogens is 180 g/mol. The van der Waals surface area contributed by atoms with Crippen LogP contribution in [0.5, 0.6) is 0 Å². The molecule has 1 amide bonds. The molecule has 3 N–H and O–H groups in total. The first-order chi connectivity index (χ1) is 6.61. The molecule has 1 rings (SSSR count). The van der Waals surface area contributed by atoms with Crippen LogP contribution < -0.4 is 11.1 Å². The SMILES string of the molecule is CCC(C)Nc1cnn(CC(N)=O)c1. The third-order valence-corrected chi connectivity index (χ3v) is 1.98. The second-order valence-corrected chi connectivity index (χ2v) is 3.35. The van der Waals surface area contributed by atoms with Crippen molar-refractivity contribution in [1.29, 1.82) is 0 Å². The first-order valence-electron chi connectivity index (χ1n) is 4.69. The van der Waals surface area contributed by atoms with E-state index in [9.17, 15) is 4.79 Å². The van der Waals surface area contributed by atoms with E-state index in [0.717, 1.165) is 12.1 Å². The number of rotatable bonds is 5. The summed E-state index contributed by atoms with van der Waals surface area (Å²) in [6, 6.07) is 0.404. The van der Waals surface area contributed by atoms with Gasteiger partial charge in [-0.3, -0.25) is 9.48 Å². The van der Waals surface area contributed by atoms with Gasteiger partial charge in [0.15, 0.2) is 0 Å². The normalized spacial score (nSPS) is 12.4. The van der Waals surface area contributed by atoms with Crippen LogP contribution in [0.25, 0.3) is 0 Å². The molecule has 0 aliphatic carbocycles. The van der Waals surface area contributed by atoms with Gasteiger partial charge in [0.1, 0.15) is 6.54 Å². The van der Waals surface area contributed by atoms with E-state index in [2.05, 4.69) is 24.3 Å². The molecule has 5 nitrogen and oxygen atoms in total. The molecule has 0 aliphatic heterocycles. The molecule has 1 heterocycles. The molecule has 1 unspecified atom stereocenters. The number of nitrogens with zero attached hydrogens (tertiary/aromatic N) is 2. The fourth-order valence-corrected chi connectivity index (χ4v) is 1.07. The number of hydrogen-bond donors (Lipinski definition) is 2. The summed E-state index contributed by atoms with van der Waals surface area (Å²) < 4.78 is 1.52.